The summed E-state index contributed by atoms with van der Waals surface area (Å²) in [6.45, 7) is 0. The SMILES string of the molecule is COc1ccc(-c2nn(-c3ccccc3)cc2/C=N/NC(=O)c2ccc(NS(=O)(=O)c3ccccc3)cc2)cc1. The van der Waals surface area contributed by atoms with Crippen LogP contribution in [0.4, 0.5) is 5.69 Å². The van der Waals surface area contributed by atoms with Crippen LogP contribution in [0.3, 0.4) is 0 Å². The summed E-state index contributed by atoms with van der Waals surface area (Å²) in [6, 6.07) is 31.3. The Morgan fingerprint density at radius 3 is 2.17 bits per heavy atom. The maximum atomic E-state index is 12.7. The van der Waals surface area contributed by atoms with Gasteiger partial charge in [0.2, 0.25) is 0 Å². The number of rotatable bonds is 9. The lowest BCUT2D eigenvalue weighted by Crippen LogP contribution is -2.18. The number of methoxy groups -OCH3 is 1. The normalized spacial score (nSPS) is 11.3. The zero-order valence-electron chi connectivity index (χ0n) is 21.4. The number of benzene rings is 4. The summed E-state index contributed by atoms with van der Waals surface area (Å²) in [5.74, 6) is 0.280. The van der Waals surface area contributed by atoms with Crippen LogP contribution in [0.2, 0.25) is 0 Å². The lowest BCUT2D eigenvalue weighted by molar-refractivity contribution is 0.0955. The fourth-order valence-electron chi connectivity index (χ4n) is 3.90. The van der Waals surface area contributed by atoms with Gasteiger partial charge in [0.25, 0.3) is 15.9 Å². The van der Waals surface area contributed by atoms with Gasteiger partial charge in [-0.25, -0.2) is 18.5 Å². The number of carbonyl (C=O) groups excluding carboxylic acids is 1. The van der Waals surface area contributed by atoms with Gasteiger partial charge in [0.05, 0.1) is 23.9 Å². The number of hydrazone groups is 1. The Balaban J connectivity index is 1.31. The zero-order valence-corrected chi connectivity index (χ0v) is 22.2. The average Bonchev–Trinajstić information content (AvgIpc) is 3.42. The second-order valence-corrected chi connectivity index (χ2v) is 10.3. The first-order chi connectivity index (χ1) is 19.4. The van der Waals surface area contributed by atoms with Crippen molar-refractivity contribution in [2.75, 3.05) is 11.8 Å². The molecule has 200 valence electrons. The molecule has 0 radical (unpaired) electrons. The van der Waals surface area contributed by atoms with Crippen molar-refractivity contribution in [3.8, 4) is 22.7 Å². The van der Waals surface area contributed by atoms with Gasteiger partial charge in [0.15, 0.2) is 0 Å². The molecule has 2 N–H and O–H groups in total. The molecule has 5 rings (SSSR count). The summed E-state index contributed by atoms with van der Waals surface area (Å²) in [5, 5.41) is 8.89. The van der Waals surface area contributed by atoms with Crippen molar-refractivity contribution < 1.29 is 17.9 Å². The highest BCUT2D eigenvalue weighted by molar-refractivity contribution is 7.92. The molecule has 0 aliphatic heterocycles. The summed E-state index contributed by atoms with van der Waals surface area (Å²) in [4.78, 5) is 12.9. The zero-order chi connectivity index (χ0) is 28.0. The molecule has 0 saturated heterocycles. The smallest absolute Gasteiger partial charge is 0.271 e. The second-order valence-electron chi connectivity index (χ2n) is 8.64. The van der Waals surface area contributed by atoms with Gasteiger partial charge in [-0.05, 0) is 72.8 Å². The number of nitrogens with one attached hydrogen (secondary N) is 2. The number of anilines is 1. The number of hydrogen-bond acceptors (Lipinski definition) is 6. The maximum absolute atomic E-state index is 12.7. The largest absolute Gasteiger partial charge is 0.497 e. The lowest BCUT2D eigenvalue weighted by Gasteiger charge is -2.08. The van der Waals surface area contributed by atoms with Crippen molar-refractivity contribution in [1.29, 1.82) is 0 Å². The number of carbonyl (C=O) groups is 1. The van der Waals surface area contributed by atoms with Gasteiger partial charge in [0, 0.05) is 28.6 Å². The summed E-state index contributed by atoms with van der Waals surface area (Å²) < 4.78 is 34.6. The molecule has 4 aromatic carbocycles. The van der Waals surface area contributed by atoms with Crippen molar-refractivity contribution in [2.24, 2.45) is 5.10 Å². The van der Waals surface area contributed by atoms with Crippen LogP contribution in [-0.2, 0) is 10.0 Å². The molecule has 1 aromatic heterocycles. The summed E-state index contributed by atoms with van der Waals surface area (Å²) >= 11 is 0. The Morgan fingerprint density at radius 2 is 1.52 bits per heavy atom. The van der Waals surface area contributed by atoms with Crippen molar-refractivity contribution in [3.63, 3.8) is 0 Å². The molecule has 0 spiro atoms. The molecule has 0 fully saturated rings. The van der Waals surface area contributed by atoms with Crippen LogP contribution in [0.25, 0.3) is 16.9 Å². The number of para-hydroxylation sites is 1. The number of ether oxygens (including phenoxy) is 1. The third-order valence-electron chi connectivity index (χ3n) is 5.95. The van der Waals surface area contributed by atoms with Gasteiger partial charge in [-0.3, -0.25) is 9.52 Å². The molecule has 1 heterocycles. The maximum Gasteiger partial charge on any atom is 0.271 e. The molecule has 0 atom stereocenters. The van der Waals surface area contributed by atoms with E-state index in [9.17, 15) is 13.2 Å². The third-order valence-corrected chi connectivity index (χ3v) is 7.35. The van der Waals surface area contributed by atoms with E-state index >= 15 is 0 Å². The topological polar surface area (TPSA) is 115 Å². The minimum atomic E-state index is -3.73. The molecular formula is C30H25N5O4S. The Bertz CT molecular complexity index is 1730. The molecule has 0 saturated carbocycles. The van der Waals surface area contributed by atoms with Crippen molar-refractivity contribution in [3.05, 3.63) is 127 Å². The highest BCUT2D eigenvalue weighted by Gasteiger charge is 2.14. The molecular weight excluding hydrogens is 526 g/mol. The van der Waals surface area contributed by atoms with Crippen LogP contribution in [0.15, 0.2) is 125 Å². The van der Waals surface area contributed by atoms with E-state index in [1.165, 1.54) is 42.6 Å². The first-order valence-electron chi connectivity index (χ1n) is 12.2. The molecule has 9 nitrogen and oxygen atoms in total. The molecule has 0 aliphatic carbocycles. The Kier molecular flexibility index (Phi) is 7.70. The first-order valence-corrected chi connectivity index (χ1v) is 13.7. The molecule has 40 heavy (non-hydrogen) atoms. The van der Waals surface area contributed by atoms with Crippen LogP contribution in [0, 0.1) is 0 Å². The quantitative estimate of drug-likeness (QED) is 0.195. The minimum absolute atomic E-state index is 0.149. The number of hydrogen-bond donors (Lipinski definition) is 2. The summed E-state index contributed by atoms with van der Waals surface area (Å²) in [6.07, 6.45) is 3.37. The molecule has 0 unspecified atom stereocenters. The van der Waals surface area contributed by atoms with E-state index in [4.69, 9.17) is 9.84 Å². The first kappa shape index (κ1) is 26.4. The monoisotopic (exact) mass is 551 g/mol. The highest BCUT2D eigenvalue weighted by atomic mass is 32.2. The predicted molar refractivity (Wildman–Crippen MR) is 154 cm³/mol. The van der Waals surface area contributed by atoms with Crippen LogP contribution < -0.4 is 14.9 Å². The Labute approximate surface area is 231 Å². The van der Waals surface area contributed by atoms with E-state index in [1.807, 2.05) is 60.8 Å². The molecule has 0 aliphatic rings. The molecule has 0 bridgehead atoms. The Hall–Kier alpha value is -5.22. The van der Waals surface area contributed by atoms with E-state index in [1.54, 1.807) is 30.0 Å². The van der Waals surface area contributed by atoms with Crippen LogP contribution in [0.1, 0.15) is 15.9 Å². The summed E-state index contributed by atoms with van der Waals surface area (Å²) in [5.41, 5.74) is 6.28. The number of amides is 1. The van der Waals surface area contributed by atoms with Gasteiger partial charge in [0.1, 0.15) is 11.4 Å². The van der Waals surface area contributed by atoms with E-state index in [2.05, 4.69) is 15.2 Å². The van der Waals surface area contributed by atoms with Gasteiger partial charge in [-0.2, -0.15) is 10.2 Å². The highest BCUT2D eigenvalue weighted by Crippen LogP contribution is 2.25. The van der Waals surface area contributed by atoms with Gasteiger partial charge >= 0.3 is 0 Å². The van der Waals surface area contributed by atoms with E-state index < -0.39 is 15.9 Å². The average molecular weight is 552 g/mol. The fourth-order valence-corrected chi connectivity index (χ4v) is 4.98. The second kappa shape index (κ2) is 11.7. The number of aromatic nitrogens is 2. The van der Waals surface area contributed by atoms with Crippen molar-refractivity contribution in [1.82, 2.24) is 15.2 Å². The molecule has 1 amide bonds. The standard InChI is InChI=1S/C30H25N5O4S/c1-39-27-18-14-22(15-19-27)29-24(21-35(33-29)26-8-4-2-5-9-26)20-31-32-30(36)23-12-16-25(17-13-23)34-40(37,38)28-10-6-3-7-11-28/h2-21,34H,1H3,(H,32,36)/b31-20+. The van der Waals surface area contributed by atoms with E-state index in [-0.39, 0.29) is 4.90 Å². The van der Waals surface area contributed by atoms with E-state index in [0.29, 0.717) is 22.5 Å². The minimum Gasteiger partial charge on any atom is -0.497 e. The number of sulfonamides is 1. The lowest BCUT2D eigenvalue weighted by atomic mass is 10.1. The Morgan fingerprint density at radius 1 is 0.875 bits per heavy atom. The van der Waals surface area contributed by atoms with E-state index in [0.717, 1.165) is 17.0 Å². The van der Waals surface area contributed by atoms with Gasteiger partial charge < -0.3 is 4.74 Å². The third kappa shape index (κ3) is 6.08. The number of nitrogens with zero attached hydrogens (tertiary/aromatic N) is 3. The van der Waals surface area contributed by atoms with Crippen LogP contribution in [0.5, 0.6) is 5.75 Å². The van der Waals surface area contributed by atoms with Crippen LogP contribution in [-0.4, -0.2) is 37.4 Å². The van der Waals surface area contributed by atoms with Crippen molar-refractivity contribution in [2.45, 2.75) is 4.90 Å². The van der Waals surface area contributed by atoms with Crippen LogP contribution >= 0.6 is 0 Å². The fraction of sp³-hybridized carbons (Fsp3) is 0.0333. The van der Waals surface area contributed by atoms with Gasteiger partial charge in [-0.15, -0.1) is 0 Å². The van der Waals surface area contributed by atoms with Gasteiger partial charge in [-0.1, -0.05) is 36.4 Å². The molecule has 5 aromatic rings. The molecule has 10 heteroatoms. The summed E-state index contributed by atoms with van der Waals surface area (Å²) in [7, 11) is -2.12. The van der Waals surface area contributed by atoms with Crippen molar-refractivity contribution >= 4 is 27.8 Å². The predicted octanol–water partition coefficient (Wildman–Crippen LogP) is 5.11.